The van der Waals surface area contributed by atoms with Crippen molar-refractivity contribution in [3.05, 3.63) is 23.9 Å². The van der Waals surface area contributed by atoms with Crippen LogP contribution in [-0.4, -0.2) is 36.5 Å². The number of hydrogen-bond acceptors (Lipinski definition) is 4. The number of pyridine rings is 1. The van der Waals surface area contributed by atoms with Crippen molar-refractivity contribution in [3.63, 3.8) is 0 Å². The zero-order valence-electron chi connectivity index (χ0n) is 9.50. The number of alkyl halides is 3. The first-order chi connectivity index (χ1) is 8.45. The monoisotopic (exact) mass is 262 g/mol. The third-order valence-electron chi connectivity index (χ3n) is 2.88. The quantitative estimate of drug-likeness (QED) is 0.864. The van der Waals surface area contributed by atoms with Crippen molar-refractivity contribution in [1.29, 1.82) is 0 Å². The maximum atomic E-state index is 12.5. The SMILES string of the molecule is OCC1(CNc2cc(C(F)(F)F)ccn2)COC1. The number of hydrogen-bond donors (Lipinski definition) is 2. The first-order valence-electron chi connectivity index (χ1n) is 5.41. The first-order valence-corrected chi connectivity index (χ1v) is 5.41. The van der Waals surface area contributed by atoms with Crippen LogP contribution in [0.3, 0.4) is 0 Å². The zero-order chi connectivity index (χ0) is 13.2. The minimum atomic E-state index is -4.38. The Morgan fingerprint density at radius 3 is 2.67 bits per heavy atom. The van der Waals surface area contributed by atoms with E-state index in [0.717, 1.165) is 18.3 Å². The summed E-state index contributed by atoms with van der Waals surface area (Å²) < 4.78 is 42.4. The summed E-state index contributed by atoms with van der Waals surface area (Å²) in [7, 11) is 0. The van der Waals surface area contributed by atoms with Crippen molar-refractivity contribution in [2.45, 2.75) is 6.18 Å². The number of halogens is 3. The molecule has 0 bridgehead atoms. The number of rotatable bonds is 4. The van der Waals surface area contributed by atoms with Crippen molar-refractivity contribution in [1.82, 2.24) is 4.98 Å². The Bertz CT molecular complexity index is 413. The van der Waals surface area contributed by atoms with Gasteiger partial charge in [-0.2, -0.15) is 13.2 Å². The molecule has 1 aliphatic rings. The Balaban J connectivity index is 2.01. The van der Waals surface area contributed by atoms with Crippen LogP contribution < -0.4 is 5.32 Å². The number of aliphatic hydroxyl groups excluding tert-OH is 1. The number of ether oxygens (including phenoxy) is 1. The molecule has 2 N–H and O–H groups in total. The summed E-state index contributed by atoms with van der Waals surface area (Å²) in [5.74, 6) is 0.143. The molecule has 0 amide bonds. The molecule has 0 aromatic carbocycles. The van der Waals surface area contributed by atoms with Gasteiger partial charge in [0.1, 0.15) is 5.82 Å². The minimum absolute atomic E-state index is 0.0705. The average molecular weight is 262 g/mol. The molecule has 0 saturated carbocycles. The molecule has 0 spiro atoms. The average Bonchev–Trinajstić information content (AvgIpc) is 2.27. The highest BCUT2D eigenvalue weighted by atomic mass is 19.4. The van der Waals surface area contributed by atoms with E-state index in [-0.39, 0.29) is 12.4 Å². The van der Waals surface area contributed by atoms with Gasteiger partial charge in [-0.1, -0.05) is 0 Å². The second-order valence-corrected chi connectivity index (χ2v) is 4.43. The van der Waals surface area contributed by atoms with Crippen LogP contribution in [-0.2, 0) is 10.9 Å². The highest BCUT2D eigenvalue weighted by molar-refractivity contribution is 5.39. The minimum Gasteiger partial charge on any atom is -0.396 e. The van der Waals surface area contributed by atoms with E-state index in [0.29, 0.717) is 19.8 Å². The number of nitrogens with zero attached hydrogens (tertiary/aromatic N) is 1. The third-order valence-corrected chi connectivity index (χ3v) is 2.88. The fourth-order valence-electron chi connectivity index (χ4n) is 1.62. The van der Waals surface area contributed by atoms with E-state index in [4.69, 9.17) is 4.74 Å². The summed E-state index contributed by atoms with van der Waals surface area (Å²) in [4.78, 5) is 3.82. The maximum Gasteiger partial charge on any atom is 0.416 e. The van der Waals surface area contributed by atoms with Gasteiger partial charge >= 0.3 is 6.18 Å². The second kappa shape index (κ2) is 4.74. The maximum absolute atomic E-state index is 12.5. The molecule has 1 saturated heterocycles. The highest BCUT2D eigenvalue weighted by Crippen LogP contribution is 2.31. The molecule has 1 aromatic rings. The molecule has 0 aliphatic carbocycles. The molecule has 18 heavy (non-hydrogen) atoms. The Morgan fingerprint density at radius 1 is 1.44 bits per heavy atom. The van der Waals surface area contributed by atoms with Crippen LogP contribution in [0.15, 0.2) is 18.3 Å². The molecule has 0 unspecified atom stereocenters. The first kappa shape index (κ1) is 13.1. The van der Waals surface area contributed by atoms with Crippen LogP contribution in [0.2, 0.25) is 0 Å². The lowest BCUT2D eigenvalue weighted by molar-refractivity contribution is -0.137. The lowest BCUT2D eigenvalue weighted by Gasteiger charge is -2.39. The summed E-state index contributed by atoms with van der Waals surface area (Å²) in [6.07, 6.45) is -3.28. The Hall–Kier alpha value is -1.34. The van der Waals surface area contributed by atoms with Crippen LogP contribution in [0.25, 0.3) is 0 Å². The van der Waals surface area contributed by atoms with Gasteiger partial charge in [0.2, 0.25) is 0 Å². The van der Waals surface area contributed by atoms with Gasteiger partial charge in [-0.05, 0) is 12.1 Å². The molecule has 2 rings (SSSR count). The standard InChI is InChI=1S/C11H13F3N2O2/c12-11(13,14)8-1-2-15-9(3-8)16-4-10(5-17)6-18-7-10/h1-3,17H,4-7H2,(H,15,16). The normalized spacial score (nSPS) is 18.2. The summed E-state index contributed by atoms with van der Waals surface area (Å²) in [6, 6.07) is 1.87. The second-order valence-electron chi connectivity index (χ2n) is 4.43. The Morgan fingerprint density at radius 2 is 2.17 bits per heavy atom. The highest BCUT2D eigenvalue weighted by Gasteiger charge is 2.38. The largest absolute Gasteiger partial charge is 0.416 e. The van der Waals surface area contributed by atoms with Crippen molar-refractivity contribution in [2.75, 3.05) is 31.7 Å². The lowest BCUT2D eigenvalue weighted by Crippen LogP contribution is -2.50. The van der Waals surface area contributed by atoms with Gasteiger partial charge in [0.25, 0.3) is 0 Å². The predicted molar refractivity (Wildman–Crippen MR) is 58.1 cm³/mol. The molecule has 0 atom stereocenters. The van der Waals surface area contributed by atoms with E-state index in [1.807, 2.05) is 0 Å². The van der Waals surface area contributed by atoms with E-state index in [2.05, 4.69) is 10.3 Å². The number of aromatic nitrogens is 1. The van der Waals surface area contributed by atoms with Gasteiger partial charge in [0, 0.05) is 12.7 Å². The third kappa shape index (κ3) is 2.73. The molecule has 0 radical (unpaired) electrons. The Labute approximate surface area is 102 Å². The van der Waals surface area contributed by atoms with Crippen LogP contribution >= 0.6 is 0 Å². The summed E-state index contributed by atoms with van der Waals surface area (Å²) in [5, 5.41) is 12.0. The molecular formula is C11H13F3N2O2. The van der Waals surface area contributed by atoms with Crippen LogP contribution in [0.1, 0.15) is 5.56 Å². The van der Waals surface area contributed by atoms with Crippen LogP contribution in [0.4, 0.5) is 19.0 Å². The zero-order valence-corrected chi connectivity index (χ0v) is 9.50. The van der Waals surface area contributed by atoms with Gasteiger partial charge in [-0.3, -0.25) is 0 Å². The molecule has 100 valence electrons. The van der Waals surface area contributed by atoms with Gasteiger partial charge in [0.05, 0.1) is 30.8 Å². The van der Waals surface area contributed by atoms with E-state index < -0.39 is 17.2 Å². The van der Waals surface area contributed by atoms with Crippen molar-refractivity contribution in [2.24, 2.45) is 5.41 Å². The smallest absolute Gasteiger partial charge is 0.396 e. The summed E-state index contributed by atoms with van der Waals surface area (Å²) in [6.45, 7) is 1.06. The number of anilines is 1. The van der Waals surface area contributed by atoms with E-state index >= 15 is 0 Å². The fourth-order valence-corrected chi connectivity index (χ4v) is 1.62. The summed E-state index contributed by atoms with van der Waals surface area (Å²) >= 11 is 0. The van der Waals surface area contributed by atoms with Crippen LogP contribution in [0.5, 0.6) is 0 Å². The van der Waals surface area contributed by atoms with Crippen molar-refractivity contribution in [3.8, 4) is 0 Å². The number of nitrogens with one attached hydrogen (secondary N) is 1. The molecule has 7 heteroatoms. The topological polar surface area (TPSA) is 54.4 Å². The molecule has 4 nitrogen and oxygen atoms in total. The van der Waals surface area contributed by atoms with Crippen molar-refractivity contribution < 1.29 is 23.0 Å². The van der Waals surface area contributed by atoms with E-state index in [9.17, 15) is 18.3 Å². The molecule has 2 heterocycles. The number of aliphatic hydroxyl groups is 1. The van der Waals surface area contributed by atoms with E-state index in [1.54, 1.807) is 0 Å². The van der Waals surface area contributed by atoms with Gasteiger partial charge in [-0.15, -0.1) is 0 Å². The molecule has 1 aliphatic heterocycles. The molecular weight excluding hydrogens is 249 g/mol. The molecule has 1 aromatic heterocycles. The Kier molecular flexibility index (Phi) is 3.45. The van der Waals surface area contributed by atoms with Crippen molar-refractivity contribution >= 4 is 5.82 Å². The van der Waals surface area contributed by atoms with Gasteiger partial charge < -0.3 is 15.2 Å². The van der Waals surface area contributed by atoms with Gasteiger partial charge in [-0.25, -0.2) is 4.98 Å². The fraction of sp³-hybridized carbons (Fsp3) is 0.545. The lowest BCUT2D eigenvalue weighted by atomic mass is 9.87. The van der Waals surface area contributed by atoms with Gasteiger partial charge in [0.15, 0.2) is 0 Å². The summed E-state index contributed by atoms with van der Waals surface area (Å²) in [5.41, 5.74) is -1.15. The van der Waals surface area contributed by atoms with E-state index in [1.165, 1.54) is 0 Å². The molecule has 1 fully saturated rings. The van der Waals surface area contributed by atoms with Crippen LogP contribution in [0, 0.1) is 5.41 Å². The predicted octanol–water partition coefficient (Wildman–Crippen LogP) is 1.52.